The number of rotatable bonds is 3. The van der Waals surface area contributed by atoms with E-state index >= 15 is 0 Å². The van der Waals surface area contributed by atoms with E-state index in [1.807, 2.05) is 12.1 Å². The Labute approximate surface area is 153 Å². The van der Waals surface area contributed by atoms with Crippen molar-refractivity contribution in [3.8, 4) is 0 Å². The minimum Gasteiger partial charge on any atom is -0.351 e. The van der Waals surface area contributed by atoms with Gasteiger partial charge < -0.3 is 10.2 Å². The lowest BCUT2D eigenvalue weighted by atomic mass is 10.0. The number of hydrogen-bond acceptors (Lipinski definition) is 4. The van der Waals surface area contributed by atoms with E-state index in [1.165, 1.54) is 0 Å². The third kappa shape index (κ3) is 3.05. The van der Waals surface area contributed by atoms with E-state index in [4.69, 9.17) is 11.6 Å². The second-order valence-corrected chi connectivity index (χ2v) is 9.09. The zero-order chi connectivity index (χ0) is 17.4. The number of halogens is 1. The molecule has 0 spiro atoms. The summed E-state index contributed by atoms with van der Waals surface area (Å²) in [5.74, 6) is 0. The number of nitrogens with one attached hydrogen (secondary N) is 1. The summed E-state index contributed by atoms with van der Waals surface area (Å²) in [7, 11) is -3.49. The van der Waals surface area contributed by atoms with Gasteiger partial charge in [-0.1, -0.05) is 29.8 Å². The Morgan fingerprint density at radius 3 is 2.44 bits per heavy atom. The van der Waals surface area contributed by atoms with Gasteiger partial charge in [-0.3, -0.25) is 0 Å². The summed E-state index contributed by atoms with van der Waals surface area (Å²) in [5.41, 5.74) is 2.00. The van der Waals surface area contributed by atoms with Crippen LogP contribution in [-0.4, -0.2) is 33.1 Å². The zero-order valence-electron chi connectivity index (χ0n) is 13.9. The maximum atomic E-state index is 12.8. The summed E-state index contributed by atoms with van der Waals surface area (Å²) in [6.07, 6.45) is 2.80. The quantitative estimate of drug-likeness (QED) is 0.660. The average molecular weight is 377 g/mol. The predicted octanol–water partition coefficient (Wildman–Crippen LogP) is 3.20. The molecule has 0 bridgehead atoms. The Morgan fingerprint density at radius 1 is 1.00 bits per heavy atom. The number of anilines is 1. The van der Waals surface area contributed by atoms with Gasteiger partial charge in [0.25, 0.3) is 0 Å². The van der Waals surface area contributed by atoms with Crippen molar-refractivity contribution in [2.75, 3.05) is 18.0 Å². The van der Waals surface area contributed by atoms with Crippen LogP contribution < -0.4 is 10.2 Å². The summed E-state index contributed by atoms with van der Waals surface area (Å²) in [5, 5.41) is 3.38. The number of nitrogens with zero attached hydrogens (tertiary/aromatic N) is 1. The molecule has 2 aromatic rings. The first-order chi connectivity index (χ1) is 12.1. The third-order valence-electron chi connectivity index (χ3n) is 5.09. The molecule has 0 aliphatic carbocycles. The van der Waals surface area contributed by atoms with E-state index in [-0.39, 0.29) is 5.50 Å². The Hall–Kier alpha value is -1.56. The summed E-state index contributed by atoms with van der Waals surface area (Å²) in [6, 6.07) is 14.4. The number of hydrogen-bond donors (Lipinski definition) is 1. The molecule has 2 aliphatic rings. The van der Waals surface area contributed by atoms with Crippen molar-refractivity contribution in [3.05, 3.63) is 54.1 Å². The Balaban J connectivity index is 1.69. The lowest BCUT2D eigenvalue weighted by Crippen LogP contribution is -2.45. The second-order valence-electron chi connectivity index (χ2n) is 6.63. The van der Waals surface area contributed by atoms with Crippen molar-refractivity contribution in [1.29, 1.82) is 0 Å². The van der Waals surface area contributed by atoms with Gasteiger partial charge >= 0.3 is 0 Å². The average Bonchev–Trinajstić information content (AvgIpc) is 2.98. The minimum atomic E-state index is -3.49. The molecule has 1 unspecified atom stereocenters. The second kappa shape index (κ2) is 6.63. The highest BCUT2D eigenvalue weighted by Gasteiger charge is 2.34. The zero-order valence-corrected chi connectivity index (χ0v) is 15.4. The van der Waals surface area contributed by atoms with E-state index in [2.05, 4.69) is 10.2 Å². The number of sulfone groups is 1. The molecule has 0 saturated carbocycles. The third-order valence-corrected chi connectivity index (χ3v) is 7.22. The monoisotopic (exact) mass is 376 g/mol. The number of piperidine rings is 1. The maximum Gasteiger partial charge on any atom is 0.206 e. The first-order valence-corrected chi connectivity index (χ1v) is 10.6. The molecule has 6 heteroatoms. The van der Waals surface area contributed by atoms with Gasteiger partial charge in [0.1, 0.15) is 5.50 Å². The fraction of sp³-hybridized carbons (Fsp3) is 0.368. The number of alkyl halides is 1. The molecular formula is C19H21ClN2O2S. The Morgan fingerprint density at radius 2 is 1.72 bits per heavy atom. The molecule has 2 aliphatic heterocycles. The summed E-state index contributed by atoms with van der Waals surface area (Å²) in [4.78, 5) is 2.94. The van der Waals surface area contributed by atoms with Crippen LogP contribution >= 0.6 is 11.6 Å². The van der Waals surface area contributed by atoms with E-state index in [0.717, 1.165) is 37.2 Å². The highest BCUT2D eigenvalue weighted by Crippen LogP contribution is 2.39. The standard InChI is InChI=1S/C19H21ClN2O2S/c20-19-13-14-12-17(25(23,24)16-4-2-1-3-5-16)6-7-18(14)22(19)15-8-10-21-11-9-15/h1-7,12,15,19,21H,8-11,13H2. The summed E-state index contributed by atoms with van der Waals surface area (Å²) < 4.78 is 25.7. The maximum absolute atomic E-state index is 12.8. The van der Waals surface area contributed by atoms with Crippen LogP contribution in [0.4, 0.5) is 5.69 Å². The largest absolute Gasteiger partial charge is 0.351 e. The van der Waals surface area contributed by atoms with Crippen molar-refractivity contribution < 1.29 is 8.42 Å². The topological polar surface area (TPSA) is 49.4 Å². The van der Waals surface area contributed by atoms with Gasteiger partial charge in [-0.15, -0.1) is 0 Å². The minimum absolute atomic E-state index is 0.104. The Kier molecular flexibility index (Phi) is 4.48. The van der Waals surface area contributed by atoms with Crippen molar-refractivity contribution in [3.63, 3.8) is 0 Å². The molecular weight excluding hydrogens is 356 g/mol. The fourth-order valence-electron chi connectivity index (χ4n) is 3.82. The normalized spacial score (nSPS) is 21.3. The Bertz CT molecular complexity index is 864. The van der Waals surface area contributed by atoms with Crippen molar-refractivity contribution in [1.82, 2.24) is 5.32 Å². The van der Waals surface area contributed by atoms with Crippen molar-refractivity contribution in [2.45, 2.75) is 40.6 Å². The molecule has 1 fully saturated rings. The lowest BCUT2D eigenvalue weighted by Gasteiger charge is -2.35. The van der Waals surface area contributed by atoms with Gasteiger partial charge in [-0.05, 0) is 61.8 Å². The molecule has 2 aromatic carbocycles. The van der Waals surface area contributed by atoms with Crippen LogP contribution in [0.1, 0.15) is 18.4 Å². The van der Waals surface area contributed by atoms with Crippen LogP contribution in [0.5, 0.6) is 0 Å². The molecule has 132 valence electrons. The number of fused-ring (bicyclic) bond motifs is 1. The van der Waals surface area contributed by atoms with Crippen LogP contribution in [0.3, 0.4) is 0 Å². The van der Waals surface area contributed by atoms with Crippen molar-refractivity contribution >= 4 is 27.1 Å². The van der Waals surface area contributed by atoms with Crippen LogP contribution in [0.15, 0.2) is 58.3 Å². The van der Waals surface area contributed by atoms with Gasteiger partial charge in [0.15, 0.2) is 0 Å². The predicted molar refractivity (Wildman–Crippen MR) is 100 cm³/mol. The molecule has 1 saturated heterocycles. The highest BCUT2D eigenvalue weighted by atomic mass is 35.5. The van der Waals surface area contributed by atoms with Crippen LogP contribution in [0.2, 0.25) is 0 Å². The van der Waals surface area contributed by atoms with E-state index < -0.39 is 9.84 Å². The van der Waals surface area contributed by atoms with E-state index in [1.54, 1.807) is 36.4 Å². The van der Waals surface area contributed by atoms with Gasteiger partial charge in [-0.2, -0.15) is 0 Å². The molecule has 0 amide bonds. The SMILES string of the molecule is O=S(=O)(c1ccccc1)c1ccc2c(c1)CC(Cl)N2C1CCNCC1. The van der Waals surface area contributed by atoms with Crippen LogP contribution in [0.25, 0.3) is 0 Å². The fourth-order valence-corrected chi connectivity index (χ4v) is 5.58. The first kappa shape index (κ1) is 16.9. The summed E-state index contributed by atoms with van der Waals surface area (Å²) >= 11 is 6.62. The molecule has 4 nitrogen and oxygen atoms in total. The summed E-state index contributed by atoms with van der Waals surface area (Å²) in [6.45, 7) is 2.00. The van der Waals surface area contributed by atoms with Crippen LogP contribution in [0, 0.1) is 0 Å². The van der Waals surface area contributed by atoms with Gasteiger partial charge in [0.2, 0.25) is 9.84 Å². The molecule has 0 radical (unpaired) electrons. The van der Waals surface area contributed by atoms with Gasteiger partial charge in [0.05, 0.1) is 9.79 Å². The van der Waals surface area contributed by atoms with Gasteiger partial charge in [0, 0.05) is 18.2 Å². The molecule has 1 atom stereocenters. The van der Waals surface area contributed by atoms with Gasteiger partial charge in [-0.25, -0.2) is 8.42 Å². The molecule has 25 heavy (non-hydrogen) atoms. The lowest BCUT2D eigenvalue weighted by molar-refractivity contribution is 0.429. The number of benzene rings is 2. The molecule has 2 heterocycles. The molecule has 4 rings (SSSR count). The molecule has 0 aromatic heterocycles. The van der Waals surface area contributed by atoms with E-state index in [0.29, 0.717) is 22.3 Å². The smallest absolute Gasteiger partial charge is 0.206 e. The van der Waals surface area contributed by atoms with Crippen molar-refractivity contribution in [2.24, 2.45) is 0 Å². The molecule has 1 N–H and O–H groups in total. The van der Waals surface area contributed by atoms with E-state index in [9.17, 15) is 8.42 Å². The first-order valence-electron chi connectivity index (χ1n) is 8.63. The highest BCUT2D eigenvalue weighted by molar-refractivity contribution is 7.91. The van der Waals surface area contributed by atoms with Crippen LogP contribution in [-0.2, 0) is 16.3 Å².